The third-order valence-corrected chi connectivity index (χ3v) is 8.85. The van der Waals surface area contributed by atoms with Crippen LogP contribution in [0.5, 0.6) is 0 Å². The van der Waals surface area contributed by atoms with Crippen LogP contribution in [-0.4, -0.2) is 0 Å². The standard InChI is InChI=1S/C33H44F2/c1-3-5-7-8-9-11-25-14-17-28-21-29(19-18-27(28)20-25)30-22-31(34)33(32(35)23-30)26-15-12-24(13-16-26)10-6-4-2/h4,12-13,15-16,22-23,25,27-29H,2-3,5-11,14,17-21H2,1H3. The molecule has 0 saturated heterocycles. The Kier molecular flexibility index (Phi) is 9.58. The first-order valence-electron chi connectivity index (χ1n) is 14.3. The minimum absolute atomic E-state index is 0.108. The summed E-state index contributed by atoms with van der Waals surface area (Å²) in [5.74, 6) is 1.92. The molecule has 2 saturated carbocycles. The van der Waals surface area contributed by atoms with Crippen LogP contribution in [0.1, 0.15) is 107 Å². The quantitative estimate of drug-likeness (QED) is 0.222. The van der Waals surface area contributed by atoms with Gasteiger partial charge in [-0.15, -0.1) is 6.58 Å². The minimum Gasteiger partial charge on any atom is -0.206 e. The van der Waals surface area contributed by atoms with Crippen LogP contribution in [0.2, 0.25) is 0 Å². The van der Waals surface area contributed by atoms with Gasteiger partial charge in [-0.2, -0.15) is 0 Å². The van der Waals surface area contributed by atoms with Gasteiger partial charge in [-0.25, -0.2) is 8.78 Å². The molecular formula is C33H44F2. The van der Waals surface area contributed by atoms with Gasteiger partial charge in [-0.05, 0) is 97.4 Å². The van der Waals surface area contributed by atoms with Gasteiger partial charge in [-0.1, -0.05) is 82.2 Å². The molecule has 0 bridgehead atoms. The van der Waals surface area contributed by atoms with E-state index < -0.39 is 11.6 Å². The molecule has 0 amide bonds. The lowest BCUT2D eigenvalue weighted by molar-refractivity contribution is 0.113. The second-order valence-corrected chi connectivity index (χ2v) is 11.3. The largest absolute Gasteiger partial charge is 0.206 e. The first-order chi connectivity index (χ1) is 17.1. The summed E-state index contributed by atoms with van der Waals surface area (Å²) in [7, 11) is 0. The zero-order chi connectivity index (χ0) is 24.6. The van der Waals surface area contributed by atoms with Crippen molar-refractivity contribution in [3.63, 3.8) is 0 Å². The van der Waals surface area contributed by atoms with Crippen LogP contribution in [0, 0.1) is 29.4 Å². The molecular weight excluding hydrogens is 434 g/mol. The van der Waals surface area contributed by atoms with E-state index in [4.69, 9.17) is 0 Å². The summed E-state index contributed by atoms with van der Waals surface area (Å²) >= 11 is 0. The average molecular weight is 479 g/mol. The van der Waals surface area contributed by atoms with Gasteiger partial charge in [-0.3, -0.25) is 0 Å². The van der Waals surface area contributed by atoms with Gasteiger partial charge in [0, 0.05) is 0 Å². The smallest absolute Gasteiger partial charge is 0.134 e. The number of unbranched alkanes of at least 4 members (excludes halogenated alkanes) is 4. The number of halogens is 2. The van der Waals surface area contributed by atoms with E-state index in [1.807, 2.05) is 30.3 Å². The molecule has 0 heterocycles. The monoisotopic (exact) mass is 478 g/mol. The second kappa shape index (κ2) is 12.8. The predicted octanol–water partition coefficient (Wildman–Crippen LogP) is 10.4. The summed E-state index contributed by atoms with van der Waals surface area (Å²) in [5, 5.41) is 0. The molecule has 0 aliphatic heterocycles. The lowest BCUT2D eigenvalue weighted by Crippen LogP contribution is -2.30. The zero-order valence-corrected chi connectivity index (χ0v) is 21.7. The topological polar surface area (TPSA) is 0 Å². The van der Waals surface area contributed by atoms with Crippen molar-refractivity contribution in [1.29, 1.82) is 0 Å². The highest BCUT2D eigenvalue weighted by Gasteiger charge is 2.36. The third-order valence-electron chi connectivity index (χ3n) is 8.85. The Bertz CT molecular complexity index is 921. The maximum absolute atomic E-state index is 15.2. The maximum Gasteiger partial charge on any atom is 0.134 e. The third kappa shape index (κ3) is 6.83. The van der Waals surface area contributed by atoms with E-state index in [0.29, 0.717) is 11.5 Å². The summed E-state index contributed by atoms with van der Waals surface area (Å²) in [6.07, 6.45) is 19.4. The molecule has 2 heteroatoms. The Balaban J connectivity index is 1.35. The Morgan fingerprint density at radius 2 is 1.54 bits per heavy atom. The summed E-state index contributed by atoms with van der Waals surface area (Å²) in [6, 6.07) is 10.9. The first-order valence-corrected chi connectivity index (χ1v) is 14.3. The van der Waals surface area contributed by atoms with Gasteiger partial charge < -0.3 is 0 Å². The molecule has 190 valence electrons. The van der Waals surface area contributed by atoms with E-state index in [2.05, 4.69) is 13.5 Å². The molecule has 0 aromatic heterocycles. The van der Waals surface area contributed by atoms with E-state index in [1.54, 1.807) is 12.1 Å². The first kappa shape index (κ1) is 26.1. The normalized spacial score (nSPS) is 24.2. The van der Waals surface area contributed by atoms with Crippen molar-refractivity contribution in [2.24, 2.45) is 17.8 Å². The van der Waals surface area contributed by atoms with E-state index in [1.165, 1.54) is 64.2 Å². The fourth-order valence-electron chi connectivity index (χ4n) is 6.80. The maximum atomic E-state index is 15.2. The molecule has 2 aromatic carbocycles. The number of allylic oxidation sites excluding steroid dienone is 1. The fraction of sp³-hybridized carbons (Fsp3) is 0.576. The molecule has 2 aliphatic carbocycles. The van der Waals surface area contributed by atoms with Crippen molar-refractivity contribution in [3.05, 3.63) is 71.8 Å². The van der Waals surface area contributed by atoms with Crippen LogP contribution in [0.4, 0.5) is 8.78 Å². The minimum atomic E-state index is -0.423. The second-order valence-electron chi connectivity index (χ2n) is 11.3. The number of fused-ring (bicyclic) bond motifs is 1. The van der Waals surface area contributed by atoms with Crippen molar-refractivity contribution >= 4 is 0 Å². The lowest BCUT2D eigenvalue weighted by Gasteiger charge is -2.42. The van der Waals surface area contributed by atoms with Crippen LogP contribution >= 0.6 is 0 Å². The van der Waals surface area contributed by atoms with E-state index in [-0.39, 0.29) is 5.56 Å². The van der Waals surface area contributed by atoms with Crippen LogP contribution in [0.25, 0.3) is 11.1 Å². The van der Waals surface area contributed by atoms with E-state index in [0.717, 1.165) is 54.6 Å². The zero-order valence-electron chi connectivity index (χ0n) is 21.7. The molecule has 4 unspecified atom stereocenters. The summed E-state index contributed by atoms with van der Waals surface area (Å²) in [5.41, 5.74) is 2.75. The predicted molar refractivity (Wildman–Crippen MR) is 145 cm³/mol. The molecule has 4 atom stereocenters. The van der Waals surface area contributed by atoms with E-state index in [9.17, 15) is 0 Å². The fourth-order valence-corrected chi connectivity index (χ4v) is 6.80. The van der Waals surface area contributed by atoms with Gasteiger partial charge in [0.05, 0.1) is 5.56 Å². The Labute approximate surface area is 212 Å². The molecule has 35 heavy (non-hydrogen) atoms. The van der Waals surface area contributed by atoms with Crippen LogP contribution < -0.4 is 0 Å². The van der Waals surface area contributed by atoms with Gasteiger partial charge >= 0.3 is 0 Å². The molecule has 2 fully saturated rings. The highest BCUT2D eigenvalue weighted by molar-refractivity contribution is 5.65. The van der Waals surface area contributed by atoms with Crippen LogP contribution in [-0.2, 0) is 6.42 Å². The Morgan fingerprint density at radius 1 is 0.857 bits per heavy atom. The van der Waals surface area contributed by atoms with Gasteiger partial charge in [0.2, 0.25) is 0 Å². The van der Waals surface area contributed by atoms with Crippen molar-refractivity contribution in [3.8, 4) is 11.1 Å². The Hall–Kier alpha value is -1.96. The molecule has 0 spiro atoms. The number of rotatable bonds is 11. The number of aryl methyl sites for hydroxylation is 1. The van der Waals surface area contributed by atoms with Crippen molar-refractivity contribution < 1.29 is 8.78 Å². The Morgan fingerprint density at radius 3 is 2.26 bits per heavy atom. The molecule has 4 rings (SSSR count). The molecule has 0 radical (unpaired) electrons. The summed E-state index contributed by atoms with van der Waals surface area (Å²) in [6.45, 7) is 6.03. The lowest BCUT2D eigenvalue weighted by atomic mass is 9.63. The highest BCUT2D eigenvalue weighted by Crippen LogP contribution is 2.49. The van der Waals surface area contributed by atoms with Crippen LogP contribution in [0.3, 0.4) is 0 Å². The summed E-state index contributed by atoms with van der Waals surface area (Å²) in [4.78, 5) is 0. The highest BCUT2D eigenvalue weighted by atomic mass is 19.1. The van der Waals surface area contributed by atoms with Crippen molar-refractivity contribution in [2.45, 2.75) is 103 Å². The number of hydrogen-bond acceptors (Lipinski definition) is 0. The van der Waals surface area contributed by atoms with Gasteiger partial charge in [0.1, 0.15) is 11.6 Å². The SMILES string of the molecule is C=CCCc1ccc(-c2c(F)cc(C3CCC4CC(CCCCCCC)CCC4C3)cc2F)cc1. The van der Waals surface area contributed by atoms with E-state index >= 15 is 8.78 Å². The molecule has 0 N–H and O–H groups in total. The van der Waals surface area contributed by atoms with Crippen molar-refractivity contribution in [2.75, 3.05) is 0 Å². The molecule has 2 aromatic rings. The number of hydrogen-bond donors (Lipinski definition) is 0. The van der Waals surface area contributed by atoms with Gasteiger partial charge in [0.15, 0.2) is 0 Å². The van der Waals surface area contributed by atoms with Crippen molar-refractivity contribution in [1.82, 2.24) is 0 Å². The average Bonchev–Trinajstić information content (AvgIpc) is 2.87. The summed E-state index contributed by atoms with van der Waals surface area (Å²) < 4.78 is 30.4. The van der Waals surface area contributed by atoms with Gasteiger partial charge in [0.25, 0.3) is 0 Å². The molecule has 0 nitrogen and oxygen atoms in total. The van der Waals surface area contributed by atoms with Crippen LogP contribution in [0.15, 0.2) is 49.1 Å². The molecule has 2 aliphatic rings. The number of benzene rings is 2.